The van der Waals surface area contributed by atoms with Crippen LogP contribution in [0.25, 0.3) is 17.0 Å². The second-order valence-corrected chi connectivity index (χ2v) is 8.90. The van der Waals surface area contributed by atoms with Gasteiger partial charge in [0.25, 0.3) is 6.43 Å². The molecule has 2 aliphatic heterocycles. The number of alkyl halides is 2. The number of hydrogen-bond donors (Lipinski definition) is 1. The monoisotopic (exact) mass is 518 g/mol. The molecule has 0 bridgehead atoms. The van der Waals surface area contributed by atoms with Gasteiger partial charge in [0.15, 0.2) is 5.82 Å². The van der Waals surface area contributed by atoms with Gasteiger partial charge in [-0.25, -0.2) is 18.6 Å². The van der Waals surface area contributed by atoms with E-state index in [-0.39, 0.29) is 30.0 Å². The summed E-state index contributed by atoms with van der Waals surface area (Å²) in [6, 6.07) is 4.81. The summed E-state index contributed by atoms with van der Waals surface area (Å²) in [4.78, 5) is 34.6. The van der Waals surface area contributed by atoms with Crippen LogP contribution in [-0.2, 0) is 4.74 Å². The van der Waals surface area contributed by atoms with E-state index in [2.05, 4.69) is 19.9 Å². The van der Waals surface area contributed by atoms with Crippen LogP contribution in [0.5, 0.6) is 5.75 Å². The van der Waals surface area contributed by atoms with Crippen LogP contribution in [-0.4, -0.2) is 100 Å². The van der Waals surface area contributed by atoms with Gasteiger partial charge in [-0.2, -0.15) is 15.0 Å². The Morgan fingerprint density at radius 1 is 1.16 bits per heavy atom. The molecule has 2 aliphatic rings. The fourth-order valence-corrected chi connectivity index (χ4v) is 4.73. The van der Waals surface area contributed by atoms with Gasteiger partial charge < -0.3 is 29.3 Å². The summed E-state index contributed by atoms with van der Waals surface area (Å²) >= 11 is 0. The van der Waals surface area contributed by atoms with E-state index < -0.39 is 18.3 Å². The lowest BCUT2D eigenvalue weighted by Gasteiger charge is -2.36. The fourth-order valence-electron chi connectivity index (χ4n) is 4.73. The largest absolute Gasteiger partial charge is 0.494 e. The molecular weight excluding hydrogens is 490 g/mol. The normalized spacial score (nSPS) is 18.5. The minimum absolute atomic E-state index is 0.00436. The number of benzene rings is 1. The Balaban J connectivity index is 1.64. The van der Waals surface area contributed by atoms with Gasteiger partial charge in [-0.15, -0.1) is 0 Å². The summed E-state index contributed by atoms with van der Waals surface area (Å²) < 4.78 is 40.5. The summed E-state index contributed by atoms with van der Waals surface area (Å²) in [5.74, 6) is 0.422. The first kappa shape index (κ1) is 24.9. The number of imidazole rings is 1. The van der Waals surface area contributed by atoms with Crippen LogP contribution in [0.1, 0.15) is 25.1 Å². The maximum atomic E-state index is 14.2. The third-order valence-corrected chi connectivity index (χ3v) is 6.71. The number of likely N-dealkylation sites (N-methyl/N-ethyl adjacent to an activating group) is 1. The van der Waals surface area contributed by atoms with Gasteiger partial charge in [-0.1, -0.05) is 6.07 Å². The van der Waals surface area contributed by atoms with Crippen LogP contribution < -0.4 is 14.5 Å². The number of nitrogens with zero attached hydrogens (tertiary/aromatic N) is 8. The van der Waals surface area contributed by atoms with E-state index in [0.717, 1.165) is 6.42 Å². The zero-order chi connectivity index (χ0) is 26.1. The summed E-state index contributed by atoms with van der Waals surface area (Å²) in [5, 5.41) is 9.47. The quantitative estimate of drug-likeness (QED) is 0.521. The highest BCUT2D eigenvalue weighted by molar-refractivity contribution is 5.84. The number of morpholine rings is 1. The number of fused-ring (bicyclic) bond motifs is 1. The Labute approximate surface area is 211 Å². The second-order valence-electron chi connectivity index (χ2n) is 8.90. The SMILES string of the molecule is COc1cccc2c1nc(C(F)F)n2-c1nc(N2CCOCC2)nc(N(C)[C@@H]2CCCN(C(=O)O)C2)n1. The second kappa shape index (κ2) is 10.3. The molecule has 2 saturated heterocycles. The lowest BCUT2D eigenvalue weighted by Crippen LogP contribution is -2.49. The van der Waals surface area contributed by atoms with Gasteiger partial charge in [0.05, 0.1) is 25.8 Å². The molecule has 1 N–H and O–H groups in total. The number of methoxy groups -OCH3 is 1. The molecule has 2 fully saturated rings. The summed E-state index contributed by atoms with van der Waals surface area (Å²) in [7, 11) is 3.23. The van der Waals surface area contributed by atoms with E-state index in [1.54, 1.807) is 30.1 Å². The van der Waals surface area contributed by atoms with Crippen LogP contribution in [0.3, 0.4) is 0 Å². The standard InChI is InChI=1S/C23H28F2N8O4/c1-30(14-5-4-8-32(13-14)23(34)35)20-27-21(31-9-11-37-12-10-31)29-22(28-20)33-15-6-3-7-16(36-2)17(15)26-19(33)18(24)25/h3,6-7,14,18H,4-5,8-13H2,1-2H3,(H,34,35)/t14-/m1/s1. The first-order valence-corrected chi connectivity index (χ1v) is 12.0. The molecule has 4 heterocycles. The number of para-hydroxylation sites is 1. The van der Waals surface area contributed by atoms with Crippen molar-refractivity contribution in [3.63, 3.8) is 0 Å². The third kappa shape index (κ3) is 4.80. The topological polar surface area (TPSA) is 122 Å². The Bertz CT molecular complexity index is 1280. The number of halogens is 2. The molecule has 12 nitrogen and oxygen atoms in total. The molecule has 1 amide bonds. The minimum Gasteiger partial charge on any atom is -0.494 e. The first-order chi connectivity index (χ1) is 17.9. The number of likely N-dealkylation sites (tertiary alicyclic amines) is 1. The molecule has 1 atom stereocenters. The van der Waals surface area contributed by atoms with Crippen LogP contribution >= 0.6 is 0 Å². The average molecular weight is 519 g/mol. The summed E-state index contributed by atoms with van der Waals surface area (Å²) in [5.41, 5.74) is 0.644. The number of aromatic nitrogens is 5. The van der Waals surface area contributed by atoms with E-state index in [9.17, 15) is 18.7 Å². The maximum Gasteiger partial charge on any atom is 0.407 e. The van der Waals surface area contributed by atoms with E-state index in [4.69, 9.17) is 9.47 Å². The molecule has 0 saturated carbocycles. The molecular formula is C23H28F2N8O4. The summed E-state index contributed by atoms with van der Waals surface area (Å²) in [6.45, 7) is 2.77. The molecule has 2 aromatic heterocycles. The molecule has 198 valence electrons. The number of rotatable bonds is 6. The van der Waals surface area contributed by atoms with Gasteiger partial charge in [-0.05, 0) is 25.0 Å². The maximum absolute atomic E-state index is 14.2. The number of piperidine rings is 1. The molecule has 0 unspecified atom stereocenters. The smallest absolute Gasteiger partial charge is 0.407 e. The van der Waals surface area contributed by atoms with E-state index in [1.165, 1.54) is 16.6 Å². The van der Waals surface area contributed by atoms with Gasteiger partial charge >= 0.3 is 6.09 Å². The number of ether oxygens (including phenoxy) is 2. The lowest BCUT2D eigenvalue weighted by molar-refractivity contribution is 0.122. The molecule has 0 spiro atoms. The summed E-state index contributed by atoms with van der Waals surface area (Å²) in [6.07, 6.45) is -2.45. The van der Waals surface area contributed by atoms with Gasteiger partial charge in [0.1, 0.15) is 11.3 Å². The van der Waals surface area contributed by atoms with Gasteiger partial charge in [0, 0.05) is 39.3 Å². The first-order valence-electron chi connectivity index (χ1n) is 12.0. The molecule has 0 aliphatic carbocycles. The van der Waals surface area contributed by atoms with Crippen molar-refractivity contribution in [2.75, 3.05) is 63.4 Å². The highest BCUT2D eigenvalue weighted by Gasteiger charge is 2.30. The predicted octanol–water partition coefficient (Wildman–Crippen LogP) is 2.57. The van der Waals surface area contributed by atoms with Crippen molar-refractivity contribution < 1.29 is 28.2 Å². The fraction of sp³-hybridized carbons (Fsp3) is 0.522. The van der Waals surface area contributed by atoms with Crippen molar-refractivity contribution >= 4 is 29.0 Å². The molecule has 1 aromatic carbocycles. The van der Waals surface area contributed by atoms with E-state index >= 15 is 0 Å². The predicted molar refractivity (Wildman–Crippen MR) is 130 cm³/mol. The molecule has 5 rings (SSSR count). The van der Waals surface area contributed by atoms with Crippen LogP contribution in [0.4, 0.5) is 25.5 Å². The van der Waals surface area contributed by atoms with Crippen molar-refractivity contribution in [2.24, 2.45) is 0 Å². The Kier molecular flexibility index (Phi) is 6.91. The molecule has 3 aromatic rings. The Morgan fingerprint density at radius 2 is 1.92 bits per heavy atom. The Hall–Kier alpha value is -3.81. The number of carbonyl (C=O) groups is 1. The van der Waals surface area contributed by atoms with Crippen LogP contribution in [0.15, 0.2) is 18.2 Å². The van der Waals surface area contributed by atoms with Crippen molar-refractivity contribution in [1.29, 1.82) is 0 Å². The van der Waals surface area contributed by atoms with Gasteiger partial charge in [0.2, 0.25) is 17.8 Å². The van der Waals surface area contributed by atoms with Crippen molar-refractivity contribution in [3.05, 3.63) is 24.0 Å². The van der Waals surface area contributed by atoms with E-state index in [0.29, 0.717) is 56.5 Å². The van der Waals surface area contributed by atoms with Crippen molar-refractivity contribution in [2.45, 2.75) is 25.3 Å². The average Bonchev–Trinajstić information content (AvgIpc) is 3.33. The zero-order valence-corrected chi connectivity index (χ0v) is 20.5. The van der Waals surface area contributed by atoms with Crippen molar-refractivity contribution in [3.8, 4) is 11.7 Å². The van der Waals surface area contributed by atoms with Crippen LogP contribution in [0.2, 0.25) is 0 Å². The molecule has 0 radical (unpaired) electrons. The van der Waals surface area contributed by atoms with Crippen LogP contribution in [0, 0.1) is 0 Å². The number of anilines is 2. The Morgan fingerprint density at radius 3 is 2.62 bits per heavy atom. The van der Waals surface area contributed by atoms with Gasteiger partial charge in [-0.3, -0.25) is 4.57 Å². The highest BCUT2D eigenvalue weighted by Crippen LogP contribution is 2.32. The third-order valence-electron chi connectivity index (χ3n) is 6.71. The highest BCUT2D eigenvalue weighted by atomic mass is 19.3. The number of hydrogen-bond acceptors (Lipinski definition) is 9. The number of carboxylic acid groups (broad SMARTS) is 1. The number of amides is 1. The zero-order valence-electron chi connectivity index (χ0n) is 20.5. The molecule has 37 heavy (non-hydrogen) atoms. The van der Waals surface area contributed by atoms with Crippen molar-refractivity contribution in [1.82, 2.24) is 29.4 Å². The minimum atomic E-state index is -2.90. The van der Waals surface area contributed by atoms with E-state index in [1.807, 2.05) is 4.90 Å². The lowest BCUT2D eigenvalue weighted by atomic mass is 10.1. The molecule has 14 heteroatoms.